The molecule has 0 saturated heterocycles. The van der Waals surface area contributed by atoms with E-state index in [4.69, 9.17) is 0 Å². The van der Waals surface area contributed by atoms with E-state index in [0.717, 1.165) is 0 Å². The van der Waals surface area contributed by atoms with E-state index in [1.807, 2.05) is 37.4 Å². The predicted molar refractivity (Wildman–Crippen MR) is 75.1 cm³/mol. The van der Waals surface area contributed by atoms with Crippen LogP contribution in [0.15, 0.2) is 30.3 Å². The minimum atomic E-state index is 0.142. The third kappa shape index (κ3) is 5.78. The molecule has 0 aliphatic rings. The minimum absolute atomic E-state index is 0.142. The number of benzene rings is 1. The highest BCUT2D eigenvalue weighted by Gasteiger charge is 2.15. The second-order valence-electron chi connectivity index (χ2n) is 5.14. The molecule has 1 aromatic carbocycles. The van der Waals surface area contributed by atoms with Crippen LogP contribution in [0.25, 0.3) is 0 Å². The first kappa shape index (κ1) is 14.1. The molecule has 0 aliphatic carbocycles. The lowest BCUT2D eigenvalue weighted by Crippen LogP contribution is -2.29. The SMILES string of the molecule is CN(Cc1ccccc1)C(=O)CSC(C)(C)C. The first-order valence-corrected chi connectivity index (χ1v) is 6.79. The molecular weight excluding hydrogens is 230 g/mol. The van der Waals surface area contributed by atoms with Crippen LogP contribution in [0, 0.1) is 0 Å². The van der Waals surface area contributed by atoms with Crippen LogP contribution in [0.3, 0.4) is 0 Å². The van der Waals surface area contributed by atoms with Crippen LogP contribution < -0.4 is 0 Å². The van der Waals surface area contributed by atoms with Crippen molar-refractivity contribution in [3.63, 3.8) is 0 Å². The first-order chi connectivity index (χ1) is 7.88. The van der Waals surface area contributed by atoms with Crippen LogP contribution in [0.2, 0.25) is 0 Å². The molecule has 0 N–H and O–H groups in total. The lowest BCUT2D eigenvalue weighted by molar-refractivity contribution is -0.127. The van der Waals surface area contributed by atoms with Crippen molar-refractivity contribution >= 4 is 17.7 Å². The molecule has 0 spiro atoms. The molecule has 0 unspecified atom stereocenters. The molecule has 1 rings (SSSR count). The second-order valence-corrected chi connectivity index (χ2v) is 6.94. The summed E-state index contributed by atoms with van der Waals surface area (Å²) < 4.78 is 0.142. The largest absolute Gasteiger partial charge is 0.341 e. The van der Waals surface area contributed by atoms with Crippen LogP contribution in [0.5, 0.6) is 0 Å². The van der Waals surface area contributed by atoms with Crippen LogP contribution in [0.1, 0.15) is 26.3 Å². The number of nitrogens with zero attached hydrogens (tertiary/aromatic N) is 1. The van der Waals surface area contributed by atoms with Gasteiger partial charge in [0.05, 0.1) is 5.75 Å². The molecule has 2 nitrogen and oxygen atoms in total. The molecule has 94 valence electrons. The Labute approximate surface area is 108 Å². The van der Waals surface area contributed by atoms with Gasteiger partial charge in [0.15, 0.2) is 0 Å². The van der Waals surface area contributed by atoms with Crippen LogP contribution >= 0.6 is 11.8 Å². The number of carbonyl (C=O) groups excluding carboxylic acids is 1. The molecule has 3 heteroatoms. The molecule has 1 amide bonds. The smallest absolute Gasteiger partial charge is 0.232 e. The summed E-state index contributed by atoms with van der Waals surface area (Å²) in [6.45, 7) is 7.07. The summed E-state index contributed by atoms with van der Waals surface area (Å²) in [6.07, 6.45) is 0. The van der Waals surface area contributed by atoms with E-state index in [1.165, 1.54) is 5.56 Å². The number of carbonyl (C=O) groups is 1. The van der Waals surface area contributed by atoms with Crippen molar-refractivity contribution in [1.82, 2.24) is 4.90 Å². The van der Waals surface area contributed by atoms with Gasteiger partial charge in [-0.25, -0.2) is 0 Å². The fourth-order valence-corrected chi connectivity index (χ4v) is 2.11. The van der Waals surface area contributed by atoms with Crippen molar-refractivity contribution in [1.29, 1.82) is 0 Å². The molecule has 17 heavy (non-hydrogen) atoms. The molecule has 0 radical (unpaired) electrons. The normalized spacial score (nSPS) is 11.3. The average Bonchev–Trinajstić information content (AvgIpc) is 2.26. The Hall–Kier alpha value is -0.960. The van der Waals surface area contributed by atoms with Crippen molar-refractivity contribution < 1.29 is 4.79 Å². The van der Waals surface area contributed by atoms with Gasteiger partial charge in [0, 0.05) is 18.3 Å². The Morgan fingerprint density at radius 3 is 2.35 bits per heavy atom. The van der Waals surface area contributed by atoms with Gasteiger partial charge in [-0.1, -0.05) is 51.1 Å². The number of hydrogen-bond acceptors (Lipinski definition) is 2. The molecule has 1 aromatic rings. The van der Waals surface area contributed by atoms with E-state index >= 15 is 0 Å². The fraction of sp³-hybridized carbons (Fsp3) is 0.500. The van der Waals surface area contributed by atoms with Gasteiger partial charge in [0.25, 0.3) is 0 Å². The van der Waals surface area contributed by atoms with Crippen molar-refractivity contribution in [3.8, 4) is 0 Å². The quantitative estimate of drug-likeness (QED) is 0.819. The van der Waals surface area contributed by atoms with Crippen molar-refractivity contribution in [3.05, 3.63) is 35.9 Å². The third-order valence-corrected chi connectivity index (χ3v) is 3.57. The molecule has 0 aromatic heterocycles. The fourth-order valence-electron chi connectivity index (χ4n) is 1.33. The van der Waals surface area contributed by atoms with Crippen molar-refractivity contribution in [2.75, 3.05) is 12.8 Å². The Bertz CT molecular complexity index is 356. The summed E-state index contributed by atoms with van der Waals surface area (Å²) in [5.41, 5.74) is 1.17. The number of rotatable bonds is 4. The van der Waals surface area contributed by atoms with E-state index in [1.54, 1.807) is 16.7 Å². The van der Waals surface area contributed by atoms with Gasteiger partial charge < -0.3 is 4.90 Å². The van der Waals surface area contributed by atoms with E-state index in [-0.39, 0.29) is 10.7 Å². The highest BCUT2D eigenvalue weighted by atomic mass is 32.2. The van der Waals surface area contributed by atoms with Crippen molar-refractivity contribution in [2.24, 2.45) is 0 Å². The van der Waals surface area contributed by atoms with Gasteiger partial charge in [0.1, 0.15) is 0 Å². The van der Waals surface area contributed by atoms with E-state index in [2.05, 4.69) is 20.8 Å². The zero-order valence-corrected chi connectivity index (χ0v) is 11.9. The maximum absolute atomic E-state index is 11.9. The van der Waals surface area contributed by atoms with Gasteiger partial charge in [-0.15, -0.1) is 11.8 Å². The summed E-state index contributed by atoms with van der Waals surface area (Å²) in [6, 6.07) is 10.1. The standard InChI is InChI=1S/C14H21NOS/c1-14(2,3)17-11-13(16)15(4)10-12-8-6-5-7-9-12/h5-9H,10-11H2,1-4H3. The molecule has 0 aliphatic heterocycles. The van der Waals surface area contributed by atoms with E-state index < -0.39 is 0 Å². The number of amides is 1. The molecule has 0 heterocycles. The summed E-state index contributed by atoms with van der Waals surface area (Å²) in [7, 11) is 1.86. The van der Waals surface area contributed by atoms with Crippen molar-refractivity contribution in [2.45, 2.75) is 32.1 Å². The van der Waals surface area contributed by atoms with E-state index in [9.17, 15) is 4.79 Å². The summed E-state index contributed by atoms with van der Waals surface area (Å²) in [4.78, 5) is 13.7. The molecule has 0 saturated carbocycles. The van der Waals surface area contributed by atoms with Gasteiger partial charge in [-0.3, -0.25) is 4.79 Å². The lowest BCUT2D eigenvalue weighted by atomic mass is 10.2. The Morgan fingerprint density at radius 1 is 1.24 bits per heavy atom. The maximum atomic E-state index is 11.9. The predicted octanol–water partition coefficient (Wildman–Crippen LogP) is 3.18. The first-order valence-electron chi connectivity index (χ1n) is 5.80. The number of hydrogen-bond donors (Lipinski definition) is 0. The zero-order valence-electron chi connectivity index (χ0n) is 11.1. The second kappa shape index (κ2) is 6.10. The highest BCUT2D eigenvalue weighted by molar-refractivity contribution is 8.01. The average molecular weight is 251 g/mol. The molecule has 0 atom stereocenters. The third-order valence-electron chi connectivity index (χ3n) is 2.32. The Balaban J connectivity index is 2.43. The van der Waals surface area contributed by atoms with Crippen LogP contribution in [0.4, 0.5) is 0 Å². The Morgan fingerprint density at radius 2 is 1.82 bits per heavy atom. The van der Waals surface area contributed by atoms with E-state index in [0.29, 0.717) is 12.3 Å². The maximum Gasteiger partial charge on any atom is 0.232 e. The number of thioether (sulfide) groups is 1. The molecule has 0 bridgehead atoms. The summed E-state index contributed by atoms with van der Waals surface area (Å²) in [5, 5.41) is 0. The highest BCUT2D eigenvalue weighted by Crippen LogP contribution is 2.23. The topological polar surface area (TPSA) is 20.3 Å². The van der Waals surface area contributed by atoms with Gasteiger partial charge >= 0.3 is 0 Å². The monoisotopic (exact) mass is 251 g/mol. The van der Waals surface area contributed by atoms with Gasteiger partial charge in [-0.05, 0) is 5.56 Å². The van der Waals surface area contributed by atoms with Gasteiger partial charge in [0.2, 0.25) is 5.91 Å². The minimum Gasteiger partial charge on any atom is -0.341 e. The van der Waals surface area contributed by atoms with Crippen LogP contribution in [-0.2, 0) is 11.3 Å². The lowest BCUT2D eigenvalue weighted by Gasteiger charge is -2.21. The zero-order chi connectivity index (χ0) is 12.9. The Kier molecular flexibility index (Phi) is 5.06. The van der Waals surface area contributed by atoms with Gasteiger partial charge in [-0.2, -0.15) is 0 Å². The summed E-state index contributed by atoms with van der Waals surface area (Å²) in [5.74, 6) is 0.737. The molecular formula is C14H21NOS. The summed E-state index contributed by atoms with van der Waals surface area (Å²) >= 11 is 1.69. The molecule has 0 fully saturated rings. The van der Waals surface area contributed by atoms with Crippen LogP contribution in [-0.4, -0.2) is 28.4 Å².